The zero-order valence-corrected chi connectivity index (χ0v) is 13.0. The van der Waals surface area contributed by atoms with E-state index in [2.05, 4.69) is 11.0 Å². The van der Waals surface area contributed by atoms with Crippen LogP contribution in [0.3, 0.4) is 0 Å². The highest BCUT2D eigenvalue weighted by atomic mass is 16.5. The van der Waals surface area contributed by atoms with E-state index in [1.54, 1.807) is 7.11 Å². The normalized spacial score (nSPS) is 21.1. The second-order valence-electron chi connectivity index (χ2n) is 5.96. The molecule has 3 heteroatoms. The summed E-state index contributed by atoms with van der Waals surface area (Å²) in [5.41, 5.74) is 3.08. The summed E-state index contributed by atoms with van der Waals surface area (Å²) < 4.78 is 5.22. The molecule has 1 heterocycles. The highest BCUT2D eigenvalue weighted by molar-refractivity contribution is 6.01. The number of hydrogen-bond donors (Lipinski definition) is 0. The van der Waals surface area contributed by atoms with Gasteiger partial charge in [0.25, 0.3) is 0 Å². The first kappa shape index (κ1) is 15.2. The number of methoxy groups -OCH3 is 1. The molecule has 0 bridgehead atoms. The highest BCUT2D eigenvalue weighted by Gasteiger charge is 2.30. The van der Waals surface area contributed by atoms with Crippen molar-refractivity contribution in [3.8, 4) is 0 Å². The largest absolute Gasteiger partial charge is 0.384 e. The van der Waals surface area contributed by atoms with E-state index in [0.717, 1.165) is 42.8 Å². The summed E-state index contributed by atoms with van der Waals surface area (Å²) in [7, 11) is 1.74. The summed E-state index contributed by atoms with van der Waals surface area (Å²) in [5.74, 6) is 0.804. The molecule has 1 saturated heterocycles. The van der Waals surface area contributed by atoms with Crippen molar-refractivity contribution in [1.82, 2.24) is 4.90 Å². The van der Waals surface area contributed by atoms with Crippen LogP contribution in [0.5, 0.6) is 0 Å². The lowest BCUT2D eigenvalue weighted by Gasteiger charge is -2.24. The third-order valence-corrected chi connectivity index (χ3v) is 4.31. The number of hydrogen-bond acceptors (Lipinski definition) is 3. The summed E-state index contributed by atoms with van der Waals surface area (Å²) >= 11 is 0. The third-order valence-electron chi connectivity index (χ3n) is 4.31. The van der Waals surface area contributed by atoms with Crippen LogP contribution in [0.1, 0.15) is 34.8 Å². The quantitative estimate of drug-likeness (QED) is 0.774. The molecule has 1 aliphatic rings. The molecule has 0 aromatic heterocycles. The second kappa shape index (κ2) is 6.51. The molecule has 1 aromatic rings. The molecule has 0 radical (unpaired) electrons. The van der Waals surface area contributed by atoms with Crippen LogP contribution >= 0.6 is 0 Å². The predicted octanol–water partition coefficient (Wildman–Crippen LogP) is 2.84. The Balaban J connectivity index is 2.07. The fourth-order valence-corrected chi connectivity index (χ4v) is 2.98. The topological polar surface area (TPSA) is 29.5 Å². The van der Waals surface area contributed by atoms with E-state index in [9.17, 15) is 4.79 Å². The Hall–Kier alpha value is -1.19. The maximum atomic E-state index is 12.7. The molecule has 0 spiro atoms. The maximum absolute atomic E-state index is 12.7. The fourth-order valence-electron chi connectivity index (χ4n) is 2.98. The van der Waals surface area contributed by atoms with Crippen LogP contribution in [0.15, 0.2) is 18.2 Å². The molecule has 1 aliphatic heterocycles. The number of Topliss-reactive ketones (excluding diaryl/α,β-unsaturated/α-hetero) is 1. The van der Waals surface area contributed by atoms with E-state index in [1.807, 2.05) is 32.9 Å². The fraction of sp³-hybridized carbons (Fsp3) is 0.588. The first-order valence-corrected chi connectivity index (χ1v) is 7.37. The molecular weight excluding hydrogens is 250 g/mol. The van der Waals surface area contributed by atoms with Gasteiger partial charge in [0.2, 0.25) is 0 Å². The number of benzene rings is 1. The molecule has 1 aromatic carbocycles. The van der Waals surface area contributed by atoms with Crippen molar-refractivity contribution in [2.45, 2.75) is 33.2 Å². The van der Waals surface area contributed by atoms with Gasteiger partial charge in [-0.25, -0.2) is 0 Å². The van der Waals surface area contributed by atoms with Gasteiger partial charge in [0, 0.05) is 19.2 Å². The van der Waals surface area contributed by atoms with Gasteiger partial charge in [-0.3, -0.25) is 9.69 Å². The van der Waals surface area contributed by atoms with E-state index in [0.29, 0.717) is 5.92 Å². The van der Waals surface area contributed by atoms with E-state index in [1.165, 1.54) is 0 Å². The summed E-state index contributed by atoms with van der Waals surface area (Å²) in [6.45, 7) is 8.82. The van der Waals surface area contributed by atoms with E-state index in [4.69, 9.17) is 4.74 Å². The Morgan fingerprint density at radius 1 is 1.45 bits per heavy atom. The highest BCUT2D eigenvalue weighted by Crippen LogP contribution is 2.22. The lowest BCUT2D eigenvalue weighted by atomic mass is 9.97. The Bertz CT molecular complexity index is 484. The summed E-state index contributed by atoms with van der Waals surface area (Å²) in [4.78, 5) is 15.0. The first-order valence-electron chi connectivity index (χ1n) is 7.37. The molecule has 110 valence electrons. The van der Waals surface area contributed by atoms with Gasteiger partial charge in [-0.1, -0.05) is 17.7 Å². The minimum atomic E-state index is -0.0441. The summed E-state index contributed by atoms with van der Waals surface area (Å²) in [6.07, 6.45) is 1.12. The zero-order valence-electron chi connectivity index (χ0n) is 13.0. The van der Waals surface area contributed by atoms with Gasteiger partial charge in [0.05, 0.1) is 12.6 Å². The van der Waals surface area contributed by atoms with Crippen LogP contribution in [-0.2, 0) is 4.74 Å². The second-order valence-corrected chi connectivity index (χ2v) is 5.96. The Kier molecular flexibility index (Phi) is 4.95. The number of rotatable bonds is 5. The van der Waals surface area contributed by atoms with Crippen molar-refractivity contribution in [3.63, 3.8) is 0 Å². The molecule has 3 nitrogen and oxygen atoms in total. The van der Waals surface area contributed by atoms with E-state index >= 15 is 0 Å². The van der Waals surface area contributed by atoms with Crippen LogP contribution in [0.4, 0.5) is 0 Å². The van der Waals surface area contributed by atoms with Gasteiger partial charge < -0.3 is 4.74 Å². The Morgan fingerprint density at radius 3 is 2.90 bits per heavy atom. The van der Waals surface area contributed by atoms with Crippen molar-refractivity contribution in [2.24, 2.45) is 5.92 Å². The van der Waals surface area contributed by atoms with Crippen molar-refractivity contribution in [3.05, 3.63) is 34.9 Å². The van der Waals surface area contributed by atoms with Crippen molar-refractivity contribution in [1.29, 1.82) is 0 Å². The molecule has 2 rings (SSSR count). The van der Waals surface area contributed by atoms with Gasteiger partial charge in [-0.15, -0.1) is 0 Å². The average Bonchev–Trinajstić information content (AvgIpc) is 2.89. The van der Waals surface area contributed by atoms with Crippen LogP contribution in [0, 0.1) is 19.8 Å². The van der Waals surface area contributed by atoms with Crippen LogP contribution in [0.25, 0.3) is 0 Å². The maximum Gasteiger partial charge on any atom is 0.179 e. The van der Waals surface area contributed by atoms with Gasteiger partial charge in [-0.05, 0) is 51.3 Å². The van der Waals surface area contributed by atoms with Crippen molar-refractivity contribution < 1.29 is 9.53 Å². The van der Waals surface area contributed by atoms with Crippen LogP contribution < -0.4 is 0 Å². The lowest BCUT2D eigenvalue weighted by Crippen LogP contribution is -2.38. The van der Waals surface area contributed by atoms with Gasteiger partial charge in [-0.2, -0.15) is 0 Å². The number of carbonyl (C=O) groups is 1. The third kappa shape index (κ3) is 3.28. The lowest BCUT2D eigenvalue weighted by molar-refractivity contribution is 0.0851. The summed E-state index contributed by atoms with van der Waals surface area (Å²) in [6, 6.07) is 6.06. The first-order chi connectivity index (χ1) is 9.52. The van der Waals surface area contributed by atoms with Crippen LogP contribution in [0.2, 0.25) is 0 Å². The van der Waals surface area contributed by atoms with Gasteiger partial charge in [0.1, 0.15) is 0 Å². The SMILES string of the molecule is COCC1CCN(C(C)C(=O)c2cc(C)ccc2C)C1. The zero-order chi connectivity index (χ0) is 14.7. The molecule has 2 atom stereocenters. The smallest absolute Gasteiger partial charge is 0.179 e. The Morgan fingerprint density at radius 2 is 2.20 bits per heavy atom. The number of ether oxygens (including phenoxy) is 1. The Labute approximate surface area is 121 Å². The molecule has 2 unspecified atom stereocenters. The van der Waals surface area contributed by atoms with Gasteiger partial charge in [0.15, 0.2) is 5.78 Å². The monoisotopic (exact) mass is 275 g/mol. The summed E-state index contributed by atoms with van der Waals surface area (Å²) in [5, 5.41) is 0. The minimum Gasteiger partial charge on any atom is -0.384 e. The van der Waals surface area contributed by atoms with E-state index < -0.39 is 0 Å². The molecule has 0 aliphatic carbocycles. The molecule has 0 N–H and O–H groups in total. The van der Waals surface area contributed by atoms with Crippen molar-refractivity contribution >= 4 is 5.78 Å². The van der Waals surface area contributed by atoms with Crippen LogP contribution in [-0.4, -0.2) is 43.5 Å². The number of carbonyl (C=O) groups excluding carboxylic acids is 1. The van der Waals surface area contributed by atoms with Gasteiger partial charge >= 0.3 is 0 Å². The standard InChI is InChI=1S/C17H25NO2/c1-12-5-6-13(2)16(9-12)17(19)14(3)18-8-7-15(10-18)11-20-4/h5-6,9,14-15H,7-8,10-11H2,1-4H3. The molecular formula is C17H25NO2. The molecule has 0 amide bonds. The average molecular weight is 275 g/mol. The van der Waals surface area contributed by atoms with Crippen molar-refractivity contribution in [2.75, 3.05) is 26.8 Å². The molecule has 1 fully saturated rings. The number of aryl methyl sites for hydroxylation is 2. The molecule has 20 heavy (non-hydrogen) atoms. The number of likely N-dealkylation sites (tertiary alicyclic amines) is 1. The van der Waals surface area contributed by atoms with E-state index in [-0.39, 0.29) is 11.8 Å². The minimum absolute atomic E-state index is 0.0441. The number of ketones is 1. The predicted molar refractivity (Wildman–Crippen MR) is 81.3 cm³/mol. The number of nitrogens with zero attached hydrogens (tertiary/aromatic N) is 1. The molecule has 0 saturated carbocycles.